The Labute approximate surface area is 870 Å². The molecule has 0 aromatic heterocycles. The number of hydrogen-bond donors (Lipinski definition) is 10. The quantitative estimate of drug-likeness (QED) is 0.00902. The molecule has 6 aromatic carbocycles. The maximum atomic E-state index is 13.0. The Morgan fingerprint density at radius 1 is 0.403 bits per heavy atom. The molecule has 5 saturated carbocycles. The van der Waals surface area contributed by atoms with E-state index in [2.05, 4.69) is 36.6 Å². The lowest BCUT2D eigenvalue weighted by Crippen LogP contribution is -2.42. The minimum Gasteiger partial charge on any atom is -0.460 e. The summed E-state index contributed by atoms with van der Waals surface area (Å²) >= 11 is 42.6. The van der Waals surface area contributed by atoms with Crippen LogP contribution in [0.2, 0.25) is 30.1 Å². The summed E-state index contributed by atoms with van der Waals surface area (Å²) in [5.74, 6) is 0.914. The van der Waals surface area contributed by atoms with Crippen molar-refractivity contribution in [3.63, 3.8) is 0 Å². The number of hydrogen-bond acceptors (Lipinski definition) is 23. The van der Waals surface area contributed by atoms with Crippen LogP contribution in [0.3, 0.4) is 0 Å². The van der Waals surface area contributed by atoms with E-state index in [1.165, 1.54) is 102 Å². The minimum absolute atomic E-state index is 0. The normalized spacial score (nSPS) is 16.3. The molecule has 139 heavy (non-hydrogen) atoms. The number of aliphatic hydroxyl groups excluding tert-OH is 2. The number of benzene rings is 6. The van der Waals surface area contributed by atoms with Crippen LogP contribution in [0.15, 0.2) is 127 Å². The molecule has 0 heterocycles. The van der Waals surface area contributed by atoms with Crippen molar-refractivity contribution in [2.24, 2.45) is 41.1 Å². The Hall–Kier alpha value is -7.83. The number of anilines is 6. The maximum Gasteiger partial charge on any atom is 0.519 e. The summed E-state index contributed by atoms with van der Waals surface area (Å²) < 4.78 is 54.8. The van der Waals surface area contributed by atoms with E-state index in [0.29, 0.717) is 103 Å². The fourth-order valence-corrected chi connectivity index (χ4v) is 17.9. The van der Waals surface area contributed by atoms with Crippen molar-refractivity contribution in [2.75, 3.05) is 48.7 Å². The molecule has 12 N–H and O–H groups in total. The van der Waals surface area contributed by atoms with E-state index < -0.39 is 66.0 Å². The molecule has 6 unspecified atom stereocenters. The van der Waals surface area contributed by atoms with Gasteiger partial charge < -0.3 is 91.5 Å². The number of halogens is 7. The first-order valence-corrected chi connectivity index (χ1v) is 51.3. The Morgan fingerprint density at radius 2 is 0.669 bits per heavy atom. The van der Waals surface area contributed by atoms with Gasteiger partial charge in [-0.3, -0.25) is 14.4 Å². The first-order chi connectivity index (χ1) is 66.3. The van der Waals surface area contributed by atoms with Gasteiger partial charge in [0.05, 0.1) is 97.2 Å². The van der Waals surface area contributed by atoms with E-state index in [-0.39, 0.29) is 80.4 Å². The van der Waals surface area contributed by atoms with Crippen LogP contribution in [-0.2, 0) is 71.5 Å². The van der Waals surface area contributed by atoms with Crippen molar-refractivity contribution in [1.29, 1.82) is 0 Å². The SMILES string of the molecule is CC(C)(C)OC(=O)NCC(O)C1CCCCC1.CC(C)(C)OC(=O)NCC(OC(=O)Cc1ccccc1Nc1c(Cl)cccc1Cl)C1CCCCC1.CC(C)(C)OC(=O)OC(=O)OC(C)(C)C.Cl.NCC(O)C1CCCCC1.NCC(OC(=O)Cc1ccccc1Nc1c(Cl)cccc1Cl)C1CCCCC1.O=C(Cc1ccccc1Nc1c(Cl)cccc1Cl)OC(CNC=S)C1CCCCC1.[2H]C([3H])CC. The van der Waals surface area contributed by atoms with Gasteiger partial charge in [0.1, 0.15) is 40.7 Å². The van der Waals surface area contributed by atoms with Gasteiger partial charge in [-0.05, 0) is 248 Å². The summed E-state index contributed by atoms with van der Waals surface area (Å²) in [6, 6.07) is 38.6. The Balaban J connectivity index is 0.000000362. The zero-order valence-electron chi connectivity index (χ0n) is 85.4. The molecule has 5 fully saturated rings. The predicted molar refractivity (Wildman–Crippen MR) is 569 cm³/mol. The number of carbonyl (C=O) groups is 7. The van der Waals surface area contributed by atoms with E-state index in [0.717, 1.165) is 98.0 Å². The highest BCUT2D eigenvalue weighted by atomic mass is 35.5. The molecule has 0 bridgehead atoms. The number of ether oxygens (including phenoxy) is 8. The molecule has 6 aromatic rings. The second-order valence-corrected chi connectivity index (χ2v) is 41.8. The van der Waals surface area contributed by atoms with E-state index in [9.17, 15) is 43.8 Å². The van der Waals surface area contributed by atoms with Gasteiger partial charge in [-0.15, -0.1) is 12.4 Å². The molecule has 25 nitrogen and oxygen atoms in total. The Morgan fingerprint density at radius 3 is 0.950 bits per heavy atom. The lowest BCUT2D eigenvalue weighted by atomic mass is 9.85. The number of thiocarbonyl (C=S) groups is 1. The van der Waals surface area contributed by atoms with E-state index >= 15 is 0 Å². The maximum absolute atomic E-state index is 13.0. The molecule has 776 valence electrons. The van der Waals surface area contributed by atoms with Crippen LogP contribution in [-0.4, -0.2) is 144 Å². The van der Waals surface area contributed by atoms with Gasteiger partial charge in [0.25, 0.3) is 0 Å². The molecular formula is C106H155Cl7N8O17S. The van der Waals surface area contributed by atoms with Crippen LogP contribution in [0.4, 0.5) is 53.3 Å². The van der Waals surface area contributed by atoms with Crippen LogP contribution >= 0.6 is 94.2 Å². The number of nitrogens with one attached hydrogen (secondary N) is 6. The highest BCUT2D eigenvalue weighted by molar-refractivity contribution is 7.78. The van der Waals surface area contributed by atoms with E-state index in [4.69, 9.17) is 129 Å². The third kappa shape index (κ3) is 50.8. The number of carbonyl (C=O) groups excluding carboxylic acids is 7. The lowest BCUT2D eigenvalue weighted by molar-refractivity contribution is -0.152. The first kappa shape index (κ1) is 120. The zero-order chi connectivity index (χ0) is 104. The van der Waals surface area contributed by atoms with Crippen molar-refractivity contribution in [1.82, 2.24) is 16.0 Å². The third-order valence-corrected chi connectivity index (χ3v) is 25.1. The Kier molecular flexibility index (Phi) is 56.4. The van der Waals surface area contributed by atoms with Crippen molar-refractivity contribution >= 4 is 176 Å². The molecule has 6 atom stereocenters. The van der Waals surface area contributed by atoms with Crippen molar-refractivity contribution in [2.45, 2.75) is 336 Å². The average Bonchev–Trinajstić information content (AvgIpc) is 0.835. The topological polar surface area (TPSA) is 358 Å². The van der Waals surface area contributed by atoms with Crippen LogP contribution < -0.4 is 43.4 Å². The molecule has 2 amide bonds. The van der Waals surface area contributed by atoms with Gasteiger partial charge >= 0.3 is 42.4 Å². The third-order valence-electron chi connectivity index (χ3n) is 23.0. The number of aliphatic hydroxyl groups is 2. The molecule has 0 spiro atoms. The first-order valence-electron chi connectivity index (χ1n) is 49.7. The molecule has 5 aliphatic rings. The standard InChI is InChI=1S/C27H34Cl2N2O4.C23H26Cl2N2O2S.C22H26Cl2N2O2.C13H25NO3.C10H18O5.C8H17NO.C3H8.ClH/c1-27(2,3)35-26(33)30-17-23(18-10-5-4-6-11-18)34-24(32)16-19-12-7-8-15-22(19)31-25-20(28)13-9-14-21(25)29;24-18-10-6-11-19(25)23(18)27-20-12-5-4-9-17(20)13-22(28)29-21(14-26-15-30)16-7-2-1-3-8-16;23-17-10-6-11-18(24)22(17)26-19-12-5-4-9-16(19)13-21(27)28-20(14-25)15-7-2-1-3-8-15;1-13(2,3)17-12(16)14-9-11(15)10-7-5-4-6-8-10;1-9(2,3)14-7(11)13-8(12)15-10(4,5)6;9-6-8(10)7-4-2-1-3-5-7;1-3-2;/h7-9,12-15,18,23,31H,4-6,10-11,16-17H2,1-3H3,(H,30,33);4-6,9-12,15-16,21,27H,1-3,7-8,13-14H2,(H,26,30);4-6,9-12,15,20,26H,1-3,7-8,13-14,25H2;10-11,15H,4-9H2,1-3H3,(H,14,16);1-6H3;7-8,10H,1-6,9H2;3H2,1-2H3;1H/i;;;;;;1TD;. The van der Waals surface area contributed by atoms with Crippen molar-refractivity contribution in [3.05, 3.63) is 174 Å². The van der Waals surface area contributed by atoms with Gasteiger partial charge in [0.2, 0.25) is 0 Å². The van der Waals surface area contributed by atoms with Crippen LogP contribution in [0, 0.1) is 29.6 Å². The van der Waals surface area contributed by atoms with Crippen molar-refractivity contribution in [3.8, 4) is 0 Å². The predicted octanol–water partition coefficient (Wildman–Crippen LogP) is 27.4. The van der Waals surface area contributed by atoms with Crippen LogP contribution in [0.5, 0.6) is 0 Å². The van der Waals surface area contributed by atoms with E-state index in [1.807, 2.05) is 121 Å². The molecule has 0 aliphatic heterocycles. The number of amides is 2. The smallest absolute Gasteiger partial charge is 0.460 e. The summed E-state index contributed by atoms with van der Waals surface area (Å²) in [5, 5.41) is 40.6. The van der Waals surface area contributed by atoms with Gasteiger partial charge in [-0.25, -0.2) is 19.2 Å². The number of rotatable bonds is 29. The van der Waals surface area contributed by atoms with Gasteiger partial charge in [-0.2, -0.15) is 0 Å². The second kappa shape index (κ2) is 65.4. The largest absolute Gasteiger partial charge is 0.519 e. The van der Waals surface area contributed by atoms with Gasteiger partial charge in [-0.1, -0.05) is 271 Å². The number of esters is 3. The summed E-state index contributed by atoms with van der Waals surface area (Å²) in [7, 11) is 0. The average molecular weight is 2100 g/mol. The molecule has 33 heteroatoms. The second-order valence-electron chi connectivity index (χ2n) is 39.1. The van der Waals surface area contributed by atoms with Gasteiger partial charge in [0, 0.05) is 39.4 Å². The fourth-order valence-electron chi connectivity index (χ4n) is 16.4. The summed E-state index contributed by atoms with van der Waals surface area (Å²) in [6.07, 6.45) is 25.4. The molecule has 0 radical (unpaired) electrons. The minimum atomic E-state index is -1.06. The van der Waals surface area contributed by atoms with Crippen LogP contribution in [0.25, 0.3) is 0 Å². The fraction of sp³-hybridized carbons (Fsp3) is 0.585. The summed E-state index contributed by atoms with van der Waals surface area (Å²) in [5.41, 5.74) is 16.7. The highest BCUT2D eigenvalue weighted by Gasteiger charge is 2.33. The monoisotopic (exact) mass is 2090 g/mol. The summed E-state index contributed by atoms with van der Waals surface area (Å²) in [6.45, 7) is 24.0. The number of para-hydroxylation sites is 6. The zero-order valence-corrected chi connectivity index (χ0v) is 89.5. The Bertz CT molecular complexity index is 4620. The van der Waals surface area contributed by atoms with Gasteiger partial charge in [0.15, 0.2) is 0 Å². The molecule has 5 aliphatic carbocycles. The van der Waals surface area contributed by atoms with Crippen LogP contribution in [0.1, 0.15) is 283 Å². The van der Waals surface area contributed by atoms with Crippen molar-refractivity contribution < 1.29 is 84.4 Å². The molecule has 11 rings (SSSR count). The molecule has 0 saturated heterocycles. The lowest BCUT2D eigenvalue weighted by Gasteiger charge is -2.30. The van der Waals surface area contributed by atoms with E-state index in [1.54, 1.807) is 96.1 Å². The summed E-state index contributed by atoms with van der Waals surface area (Å²) in [4.78, 5) is 84.1. The number of alkyl carbamates (subject to hydrolysis) is 2. The number of nitrogens with two attached hydrogens (primary N) is 2. The highest BCUT2D eigenvalue weighted by Crippen LogP contribution is 2.40. The molecular weight excluding hydrogens is 1940 g/mol.